The molecule has 20 heavy (non-hydrogen) atoms. The second kappa shape index (κ2) is 6.01. The lowest BCUT2D eigenvalue weighted by atomic mass is 10.5. The summed E-state index contributed by atoms with van der Waals surface area (Å²) in [7, 11) is -1.55. The van der Waals surface area contributed by atoms with Gasteiger partial charge in [-0.05, 0) is 0 Å². The third-order valence-electron chi connectivity index (χ3n) is 2.54. The maximum atomic E-state index is 11.5. The Balaban J connectivity index is 2.11. The van der Waals surface area contributed by atoms with Crippen LogP contribution in [0.5, 0.6) is 0 Å². The van der Waals surface area contributed by atoms with E-state index in [2.05, 4.69) is 35.3 Å². The number of sulfonamides is 1. The Labute approximate surface area is 116 Å². The van der Waals surface area contributed by atoms with E-state index in [1.807, 2.05) is 0 Å². The topological polar surface area (TPSA) is 125 Å². The average molecular weight is 299 g/mol. The summed E-state index contributed by atoms with van der Waals surface area (Å²) < 4.78 is 25.5. The van der Waals surface area contributed by atoms with Crippen LogP contribution in [0.15, 0.2) is 6.33 Å². The van der Waals surface area contributed by atoms with Crippen LogP contribution in [0, 0.1) is 0 Å². The van der Waals surface area contributed by atoms with E-state index in [9.17, 15) is 8.42 Å². The molecule has 110 valence electrons. The van der Waals surface area contributed by atoms with Crippen LogP contribution in [0.25, 0.3) is 11.2 Å². The Hall–Kier alpha value is -1.94. The normalized spacial score (nSPS) is 11.7. The van der Waals surface area contributed by atoms with Crippen molar-refractivity contribution in [3.05, 3.63) is 6.33 Å². The Bertz CT molecular complexity index is 682. The van der Waals surface area contributed by atoms with Crippen LogP contribution in [0.3, 0.4) is 0 Å². The van der Waals surface area contributed by atoms with Gasteiger partial charge in [0.25, 0.3) is 0 Å². The number of aromatic amines is 1. The smallest absolute Gasteiger partial charge is 0.226 e. The summed E-state index contributed by atoms with van der Waals surface area (Å²) >= 11 is 0. The van der Waals surface area contributed by atoms with Crippen LogP contribution < -0.4 is 15.4 Å². The van der Waals surface area contributed by atoms with Gasteiger partial charge in [0, 0.05) is 20.1 Å². The molecule has 2 rings (SSSR count). The molecule has 0 radical (unpaired) electrons. The average Bonchev–Trinajstić information content (AvgIpc) is 2.86. The molecule has 0 aliphatic carbocycles. The Morgan fingerprint density at radius 2 is 2.15 bits per heavy atom. The number of hydrogen-bond acceptors (Lipinski definition) is 7. The number of nitrogens with one attached hydrogen (secondary N) is 4. The van der Waals surface area contributed by atoms with E-state index in [0.29, 0.717) is 29.5 Å². The molecule has 2 aromatic rings. The highest BCUT2D eigenvalue weighted by molar-refractivity contribution is 7.89. The van der Waals surface area contributed by atoms with Crippen molar-refractivity contribution in [3.63, 3.8) is 0 Å². The molecule has 0 bridgehead atoms. The van der Waals surface area contributed by atoms with Crippen molar-refractivity contribution in [3.8, 4) is 0 Å². The first-order chi connectivity index (χ1) is 9.55. The molecule has 0 atom stereocenters. The van der Waals surface area contributed by atoms with E-state index in [1.54, 1.807) is 14.0 Å². The van der Waals surface area contributed by atoms with Crippen molar-refractivity contribution in [2.45, 2.75) is 6.92 Å². The molecule has 0 fully saturated rings. The minimum atomic E-state index is -3.25. The van der Waals surface area contributed by atoms with Gasteiger partial charge >= 0.3 is 0 Å². The second-order valence-corrected chi connectivity index (χ2v) is 5.92. The number of aromatic nitrogens is 4. The molecular formula is C10H17N7O2S. The molecule has 0 aliphatic rings. The highest BCUT2D eigenvalue weighted by atomic mass is 32.2. The molecule has 2 aromatic heterocycles. The largest absolute Gasteiger partial charge is 0.367 e. The number of nitrogens with zero attached hydrogens (tertiary/aromatic N) is 3. The number of anilines is 2. The maximum Gasteiger partial charge on any atom is 0.226 e. The van der Waals surface area contributed by atoms with E-state index >= 15 is 0 Å². The predicted molar refractivity (Wildman–Crippen MR) is 77.2 cm³/mol. The summed E-state index contributed by atoms with van der Waals surface area (Å²) in [5.41, 5.74) is 1.16. The van der Waals surface area contributed by atoms with Gasteiger partial charge in [-0.3, -0.25) is 0 Å². The fourth-order valence-electron chi connectivity index (χ4n) is 1.67. The van der Waals surface area contributed by atoms with Crippen LogP contribution in [0.1, 0.15) is 6.92 Å². The SMILES string of the molecule is CCNS(=O)(=O)CCNc1nc(NC)nc2nc[nH]c12. The van der Waals surface area contributed by atoms with Gasteiger partial charge in [-0.2, -0.15) is 9.97 Å². The molecule has 0 saturated carbocycles. The zero-order valence-corrected chi connectivity index (χ0v) is 12.1. The number of fused-ring (bicyclic) bond motifs is 1. The first-order valence-corrected chi connectivity index (χ1v) is 7.81. The standard InChI is InChI=1S/C10H17N7O2S/c1-3-15-20(18,19)5-4-12-8-7-9(14-6-13-7)17-10(11-2)16-8/h6,15H,3-5H2,1-2H3,(H3,11,12,13,14,16,17). The Morgan fingerprint density at radius 3 is 2.85 bits per heavy atom. The molecule has 0 aliphatic heterocycles. The molecule has 9 nitrogen and oxygen atoms in total. The van der Waals surface area contributed by atoms with Gasteiger partial charge in [-0.1, -0.05) is 6.92 Å². The van der Waals surface area contributed by atoms with E-state index in [-0.39, 0.29) is 12.3 Å². The van der Waals surface area contributed by atoms with Gasteiger partial charge < -0.3 is 15.6 Å². The van der Waals surface area contributed by atoms with Crippen molar-refractivity contribution in [1.82, 2.24) is 24.7 Å². The van der Waals surface area contributed by atoms with E-state index in [0.717, 1.165) is 0 Å². The maximum absolute atomic E-state index is 11.5. The van der Waals surface area contributed by atoms with Gasteiger partial charge in [0.15, 0.2) is 11.5 Å². The molecule has 0 amide bonds. The van der Waals surface area contributed by atoms with Crippen molar-refractivity contribution >= 4 is 33.0 Å². The van der Waals surface area contributed by atoms with E-state index < -0.39 is 10.0 Å². The van der Waals surface area contributed by atoms with Gasteiger partial charge in [-0.25, -0.2) is 18.1 Å². The zero-order valence-electron chi connectivity index (χ0n) is 11.3. The molecule has 0 saturated heterocycles. The van der Waals surface area contributed by atoms with E-state index in [4.69, 9.17) is 0 Å². The molecule has 4 N–H and O–H groups in total. The fourth-order valence-corrected chi connectivity index (χ4v) is 2.62. The van der Waals surface area contributed by atoms with Crippen LogP contribution in [0.2, 0.25) is 0 Å². The van der Waals surface area contributed by atoms with Crippen molar-refractivity contribution in [2.75, 3.05) is 36.5 Å². The van der Waals surface area contributed by atoms with Crippen LogP contribution in [-0.2, 0) is 10.0 Å². The third kappa shape index (κ3) is 3.33. The molecule has 2 heterocycles. The zero-order chi connectivity index (χ0) is 14.6. The minimum Gasteiger partial charge on any atom is -0.367 e. The van der Waals surface area contributed by atoms with Crippen molar-refractivity contribution in [1.29, 1.82) is 0 Å². The van der Waals surface area contributed by atoms with Gasteiger partial charge in [0.1, 0.15) is 5.52 Å². The molecule has 0 spiro atoms. The highest BCUT2D eigenvalue weighted by Crippen LogP contribution is 2.17. The second-order valence-electron chi connectivity index (χ2n) is 3.99. The van der Waals surface area contributed by atoms with Crippen molar-refractivity contribution < 1.29 is 8.42 Å². The lowest BCUT2D eigenvalue weighted by molar-refractivity contribution is 0.584. The highest BCUT2D eigenvalue weighted by Gasteiger charge is 2.11. The third-order valence-corrected chi connectivity index (χ3v) is 4.01. The lowest BCUT2D eigenvalue weighted by Gasteiger charge is -2.08. The Kier molecular flexibility index (Phi) is 4.35. The summed E-state index contributed by atoms with van der Waals surface area (Å²) in [5.74, 6) is 0.903. The quantitative estimate of drug-likeness (QED) is 0.555. The monoisotopic (exact) mass is 299 g/mol. The molecular weight excluding hydrogens is 282 g/mol. The Morgan fingerprint density at radius 1 is 1.35 bits per heavy atom. The van der Waals surface area contributed by atoms with Crippen LogP contribution >= 0.6 is 0 Å². The summed E-state index contributed by atoms with van der Waals surface area (Å²) in [6, 6.07) is 0. The summed E-state index contributed by atoms with van der Waals surface area (Å²) in [4.78, 5) is 15.4. The number of H-pyrrole nitrogens is 1. The van der Waals surface area contributed by atoms with Gasteiger partial charge in [-0.15, -0.1) is 0 Å². The van der Waals surface area contributed by atoms with Gasteiger partial charge in [0.05, 0.1) is 12.1 Å². The lowest BCUT2D eigenvalue weighted by Crippen LogP contribution is -2.29. The van der Waals surface area contributed by atoms with Crippen LogP contribution in [0.4, 0.5) is 11.8 Å². The number of imidazole rings is 1. The van der Waals surface area contributed by atoms with Crippen LogP contribution in [-0.4, -0.2) is 54.2 Å². The van der Waals surface area contributed by atoms with E-state index in [1.165, 1.54) is 6.33 Å². The molecule has 10 heteroatoms. The van der Waals surface area contributed by atoms with Gasteiger partial charge in [0.2, 0.25) is 16.0 Å². The summed E-state index contributed by atoms with van der Waals surface area (Å²) in [6.07, 6.45) is 1.51. The number of rotatable bonds is 7. The number of hydrogen-bond donors (Lipinski definition) is 4. The fraction of sp³-hybridized carbons (Fsp3) is 0.500. The molecule has 0 aromatic carbocycles. The summed E-state index contributed by atoms with van der Waals surface area (Å²) in [6.45, 7) is 2.36. The minimum absolute atomic E-state index is 0.0324. The van der Waals surface area contributed by atoms with Crippen molar-refractivity contribution in [2.24, 2.45) is 0 Å². The first kappa shape index (κ1) is 14.5. The molecule has 0 unspecified atom stereocenters. The predicted octanol–water partition coefficient (Wildman–Crippen LogP) is -0.254. The first-order valence-electron chi connectivity index (χ1n) is 6.16. The summed E-state index contributed by atoms with van der Waals surface area (Å²) in [5, 5.41) is 5.81.